The van der Waals surface area contributed by atoms with Gasteiger partial charge in [0.1, 0.15) is 5.82 Å². The second-order valence-corrected chi connectivity index (χ2v) is 4.72. The number of nitrogen functional groups attached to an aromatic ring is 1. The van der Waals surface area contributed by atoms with Gasteiger partial charge >= 0.3 is 0 Å². The van der Waals surface area contributed by atoms with E-state index in [1.165, 1.54) is 6.26 Å². The van der Waals surface area contributed by atoms with Gasteiger partial charge in [0.05, 0.1) is 12.3 Å². The van der Waals surface area contributed by atoms with Crippen molar-refractivity contribution in [3.8, 4) is 0 Å². The van der Waals surface area contributed by atoms with Crippen LogP contribution in [-0.4, -0.2) is 33.7 Å². The molecule has 6 heteroatoms. The average molecular weight is 260 g/mol. The fraction of sp³-hybridized carbons (Fsp3) is 0.385. The van der Waals surface area contributed by atoms with Gasteiger partial charge in [0.2, 0.25) is 0 Å². The van der Waals surface area contributed by atoms with Crippen LogP contribution in [0.2, 0.25) is 0 Å². The number of anilines is 1. The Labute approximate surface area is 110 Å². The second-order valence-electron chi connectivity index (χ2n) is 4.72. The van der Waals surface area contributed by atoms with Crippen molar-refractivity contribution in [2.75, 3.05) is 18.8 Å². The molecule has 0 unspecified atom stereocenters. The third-order valence-electron chi connectivity index (χ3n) is 3.49. The lowest BCUT2D eigenvalue weighted by Crippen LogP contribution is -2.39. The van der Waals surface area contributed by atoms with Gasteiger partial charge in [0.25, 0.3) is 5.91 Å². The summed E-state index contributed by atoms with van der Waals surface area (Å²) in [6, 6.07) is 5.54. The molecule has 2 N–H and O–H groups in total. The maximum absolute atomic E-state index is 12.1. The summed E-state index contributed by atoms with van der Waals surface area (Å²) in [4.78, 5) is 13.9. The zero-order chi connectivity index (χ0) is 13.2. The number of furan rings is 1. The molecule has 1 aliphatic heterocycles. The number of hydrogen-bond donors (Lipinski definition) is 1. The average Bonchev–Trinajstić information content (AvgIpc) is 3.09. The maximum Gasteiger partial charge on any atom is 0.289 e. The van der Waals surface area contributed by atoms with Crippen LogP contribution in [0.1, 0.15) is 29.4 Å². The minimum absolute atomic E-state index is 0.0385. The van der Waals surface area contributed by atoms with Gasteiger partial charge in [-0.3, -0.25) is 9.48 Å². The van der Waals surface area contributed by atoms with E-state index in [2.05, 4.69) is 5.10 Å². The lowest BCUT2D eigenvalue weighted by Gasteiger charge is -2.31. The Kier molecular flexibility index (Phi) is 2.98. The molecular weight excluding hydrogens is 244 g/mol. The van der Waals surface area contributed by atoms with E-state index >= 15 is 0 Å². The summed E-state index contributed by atoms with van der Waals surface area (Å²) in [6.07, 6.45) is 5.18. The Balaban J connectivity index is 1.62. The van der Waals surface area contributed by atoms with E-state index in [0.29, 0.717) is 30.7 Å². The molecule has 3 rings (SSSR count). The largest absolute Gasteiger partial charge is 0.459 e. The second kappa shape index (κ2) is 4.79. The smallest absolute Gasteiger partial charge is 0.289 e. The normalized spacial score (nSPS) is 16.7. The van der Waals surface area contributed by atoms with Crippen LogP contribution in [0.4, 0.5) is 5.82 Å². The molecule has 1 amide bonds. The van der Waals surface area contributed by atoms with Crippen LogP contribution >= 0.6 is 0 Å². The quantitative estimate of drug-likeness (QED) is 0.888. The number of nitrogens with zero attached hydrogens (tertiary/aromatic N) is 3. The fourth-order valence-corrected chi connectivity index (χ4v) is 2.45. The molecule has 2 aromatic heterocycles. The van der Waals surface area contributed by atoms with Crippen LogP contribution in [0.25, 0.3) is 0 Å². The summed E-state index contributed by atoms with van der Waals surface area (Å²) >= 11 is 0. The molecule has 6 nitrogen and oxygen atoms in total. The van der Waals surface area contributed by atoms with Crippen molar-refractivity contribution >= 4 is 11.7 Å². The van der Waals surface area contributed by atoms with Crippen molar-refractivity contribution in [3.05, 3.63) is 36.4 Å². The predicted molar refractivity (Wildman–Crippen MR) is 69.5 cm³/mol. The van der Waals surface area contributed by atoms with Crippen molar-refractivity contribution in [3.63, 3.8) is 0 Å². The zero-order valence-electron chi connectivity index (χ0n) is 10.5. The third kappa shape index (κ3) is 2.33. The first-order chi connectivity index (χ1) is 9.24. The fourth-order valence-electron chi connectivity index (χ4n) is 2.45. The van der Waals surface area contributed by atoms with E-state index in [4.69, 9.17) is 10.2 Å². The summed E-state index contributed by atoms with van der Waals surface area (Å²) in [7, 11) is 0. The molecule has 0 aliphatic carbocycles. The number of rotatable bonds is 2. The predicted octanol–water partition coefficient (Wildman–Crippen LogP) is 1.54. The molecular formula is C13H16N4O2. The molecule has 100 valence electrons. The van der Waals surface area contributed by atoms with E-state index in [1.54, 1.807) is 18.2 Å². The van der Waals surface area contributed by atoms with Gasteiger partial charge in [0.15, 0.2) is 5.76 Å². The topological polar surface area (TPSA) is 77.3 Å². The van der Waals surface area contributed by atoms with Crippen molar-refractivity contribution in [2.24, 2.45) is 0 Å². The Morgan fingerprint density at radius 3 is 2.74 bits per heavy atom. The molecule has 0 radical (unpaired) electrons. The van der Waals surface area contributed by atoms with Gasteiger partial charge < -0.3 is 15.1 Å². The number of carbonyl (C=O) groups excluding carboxylic acids is 1. The highest BCUT2D eigenvalue weighted by Crippen LogP contribution is 2.23. The lowest BCUT2D eigenvalue weighted by atomic mass is 10.1. The lowest BCUT2D eigenvalue weighted by molar-refractivity contribution is 0.0658. The van der Waals surface area contributed by atoms with Gasteiger partial charge in [-0.05, 0) is 31.0 Å². The maximum atomic E-state index is 12.1. The molecule has 2 aromatic rings. The number of likely N-dealkylation sites (tertiary alicyclic amines) is 1. The number of amides is 1. The Bertz CT molecular complexity index is 553. The van der Waals surface area contributed by atoms with Crippen LogP contribution in [0, 0.1) is 0 Å². The Morgan fingerprint density at radius 2 is 2.16 bits per heavy atom. The van der Waals surface area contributed by atoms with Gasteiger partial charge in [-0.2, -0.15) is 5.10 Å². The molecule has 0 spiro atoms. The van der Waals surface area contributed by atoms with Crippen LogP contribution in [-0.2, 0) is 0 Å². The number of piperidine rings is 1. The van der Waals surface area contributed by atoms with Crippen molar-refractivity contribution < 1.29 is 9.21 Å². The summed E-state index contributed by atoms with van der Waals surface area (Å²) in [6.45, 7) is 1.42. The molecule has 1 saturated heterocycles. The van der Waals surface area contributed by atoms with Gasteiger partial charge in [0, 0.05) is 19.3 Å². The molecule has 0 aromatic carbocycles. The highest BCUT2D eigenvalue weighted by atomic mass is 16.3. The van der Waals surface area contributed by atoms with Gasteiger partial charge in [-0.15, -0.1) is 0 Å². The number of hydrogen-bond acceptors (Lipinski definition) is 4. The first-order valence-corrected chi connectivity index (χ1v) is 6.37. The SMILES string of the molecule is Nc1ccn(C2CCN(C(=O)c3ccco3)CC2)n1. The van der Waals surface area contributed by atoms with Gasteiger partial charge in [-0.1, -0.05) is 0 Å². The van der Waals surface area contributed by atoms with Crippen LogP contribution in [0.15, 0.2) is 35.1 Å². The number of nitrogens with two attached hydrogens (primary N) is 1. The monoisotopic (exact) mass is 260 g/mol. The molecule has 19 heavy (non-hydrogen) atoms. The summed E-state index contributed by atoms with van der Waals surface area (Å²) in [5.41, 5.74) is 5.62. The van der Waals surface area contributed by atoms with E-state index in [0.717, 1.165) is 12.8 Å². The van der Waals surface area contributed by atoms with E-state index in [-0.39, 0.29) is 5.91 Å². The van der Waals surface area contributed by atoms with E-state index in [1.807, 2.05) is 15.8 Å². The Morgan fingerprint density at radius 1 is 1.37 bits per heavy atom. The van der Waals surface area contributed by atoms with Crippen molar-refractivity contribution in [2.45, 2.75) is 18.9 Å². The minimum atomic E-state index is -0.0385. The molecule has 1 aliphatic rings. The van der Waals surface area contributed by atoms with E-state index in [9.17, 15) is 4.79 Å². The number of carbonyl (C=O) groups is 1. The van der Waals surface area contributed by atoms with Crippen LogP contribution < -0.4 is 5.73 Å². The molecule has 0 saturated carbocycles. The first kappa shape index (κ1) is 11.8. The summed E-state index contributed by atoms with van der Waals surface area (Å²) < 4.78 is 7.03. The van der Waals surface area contributed by atoms with Gasteiger partial charge in [-0.25, -0.2) is 0 Å². The highest BCUT2D eigenvalue weighted by molar-refractivity contribution is 5.91. The molecule has 0 atom stereocenters. The Hall–Kier alpha value is -2.24. The molecule has 1 fully saturated rings. The van der Waals surface area contributed by atoms with E-state index < -0.39 is 0 Å². The summed E-state index contributed by atoms with van der Waals surface area (Å²) in [5, 5.41) is 4.23. The molecule has 3 heterocycles. The third-order valence-corrected chi connectivity index (χ3v) is 3.49. The molecule has 0 bridgehead atoms. The summed E-state index contributed by atoms with van der Waals surface area (Å²) in [5.74, 6) is 0.902. The van der Waals surface area contributed by atoms with Crippen LogP contribution in [0.5, 0.6) is 0 Å². The highest BCUT2D eigenvalue weighted by Gasteiger charge is 2.26. The number of aromatic nitrogens is 2. The van der Waals surface area contributed by atoms with Crippen molar-refractivity contribution in [1.82, 2.24) is 14.7 Å². The first-order valence-electron chi connectivity index (χ1n) is 6.37. The minimum Gasteiger partial charge on any atom is -0.459 e. The van der Waals surface area contributed by atoms with Crippen LogP contribution in [0.3, 0.4) is 0 Å². The van der Waals surface area contributed by atoms with Crippen molar-refractivity contribution in [1.29, 1.82) is 0 Å². The zero-order valence-corrected chi connectivity index (χ0v) is 10.5. The standard InChI is InChI=1S/C13H16N4O2/c14-12-5-8-17(15-12)10-3-6-16(7-4-10)13(18)11-2-1-9-19-11/h1-2,5,8-10H,3-4,6-7H2,(H2,14,15).